The van der Waals surface area contributed by atoms with Crippen molar-refractivity contribution in [2.75, 3.05) is 17.7 Å². The summed E-state index contributed by atoms with van der Waals surface area (Å²) in [7, 11) is 3.19. The zero-order valence-electron chi connectivity index (χ0n) is 21.5. The van der Waals surface area contributed by atoms with Crippen molar-refractivity contribution in [1.29, 1.82) is 0 Å². The lowest BCUT2D eigenvalue weighted by Gasteiger charge is -2.46. The zero-order chi connectivity index (χ0) is 27.7. The van der Waals surface area contributed by atoms with Gasteiger partial charge in [-0.15, -0.1) is 0 Å². The first-order chi connectivity index (χ1) is 18.0. The topological polar surface area (TPSA) is 126 Å². The van der Waals surface area contributed by atoms with Gasteiger partial charge >= 0.3 is 6.03 Å². The number of nitrogens with zero attached hydrogens (tertiary/aromatic N) is 5. The lowest BCUT2D eigenvalue weighted by Crippen LogP contribution is -2.70. The molecule has 3 N–H and O–H groups in total. The minimum absolute atomic E-state index is 0.0457. The van der Waals surface area contributed by atoms with Crippen LogP contribution in [0.2, 0.25) is 0 Å². The molecule has 0 spiro atoms. The van der Waals surface area contributed by atoms with Gasteiger partial charge in [0.25, 0.3) is 5.91 Å². The fourth-order valence-electron chi connectivity index (χ4n) is 4.69. The van der Waals surface area contributed by atoms with E-state index in [1.165, 1.54) is 48.1 Å². The molecule has 4 amide bonds. The maximum atomic E-state index is 14.7. The normalized spacial score (nSPS) is 17.6. The Morgan fingerprint density at radius 2 is 1.92 bits per heavy atom. The van der Waals surface area contributed by atoms with E-state index in [0.717, 1.165) is 4.90 Å². The molecule has 0 unspecified atom stereocenters. The first kappa shape index (κ1) is 26.7. The van der Waals surface area contributed by atoms with E-state index in [0.29, 0.717) is 11.4 Å². The van der Waals surface area contributed by atoms with Crippen LogP contribution < -0.4 is 16.0 Å². The summed E-state index contributed by atoms with van der Waals surface area (Å²) in [5, 5.41) is 6.68. The molecule has 0 radical (unpaired) electrons. The van der Waals surface area contributed by atoms with Crippen molar-refractivity contribution in [1.82, 2.24) is 25.0 Å². The number of aromatic nitrogens is 3. The van der Waals surface area contributed by atoms with E-state index in [-0.39, 0.29) is 29.8 Å². The van der Waals surface area contributed by atoms with Gasteiger partial charge in [0.05, 0.1) is 18.2 Å². The number of anilines is 2. The summed E-state index contributed by atoms with van der Waals surface area (Å²) in [5.74, 6) is -3.26. The van der Waals surface area contributed by atoms with Crippen LogP contribution in [0.5, 0.6) is 0 Å². The Bertz CT molecular complexity index is 1390. The molecule has 1 aromatic carbocycles. The van der Waals surface area contributed by atoms with Crippen molar-refractivity contribution in [3.63, 3.8) is 0 Å². The quantitative estimate of drug-likeness (QED) is 0.457. The molecule has 3 aromatic rings. The highest BCUT2D eigenvalue weighted by molar-refractivity contribution is 6.12. The summed E-state index contributed by atoms with van der Waals surface area (Å²) >= 11 is 0. The summed E-state index contributed by atoms with van der Waals surface area (Å²) in [6, 6.07) is 4.79. The third-order valence-electron chi connectivity index (χ3n) is 6.84. The van der Waals surface area contributed by atoms with Gasteiger partial charge in [-0.2, -0.15) is 5.10 Å². The molecule has 0 aliphatic carbocycles. The van der Waals surface area contributed by atoms with Gasteiger partial charge in [0, 0.05) is 31.9 Å². The Morgan fingerprint density at radius 1 is 1.18 bits per heavy atom. The van der Waals surface area contributed by atoms with E-state index in [1.54, 1.807) is 32.2 Å². The van der Waals surface area contributed by atoms with Crippen LogP contribution in [0.4, 0.5) is 25.2 Å². The number of hydrogen-bond donors (Lipinski definition) is 2. The van der Waals surface area contributed by atoms with Crippen LogP contribution >= 0.6 is 0 Å². The molecule has 4 rings (SSSR count). The van der Waals surface area contributed by atoms with Gasteiger partial charge < -0.3 is 11.1 Å². The Labute approximate surface area is 218 Å². The SMILES string of the molecule is CC[C@@H](NC(=O)N1C(=O)[C@H](Cc2ccnc(N)c2)[C@H]1C(=O)N(C)c1ccnn1C)c1ccc(C)c(F)c1F. The van der Waals surface area contributed by atoms with Crippen LogP contribution in [0.3, 0.4) is 0 Å². The molecule has 12 heteroatoms. The maximum Gasteiger partial charge on any atom is 0.325 e. The Hall–Kier alpha value is -4.35. The number of pyridine rings is 1. The van der Waals surface area contributed by atoms with E-state index >= 15 is 0 Å². The summed E-state index contributed by atoms with van der Waals surface area (Å²) in [5.41, 5.74) is 6.54. The van der Waals surface area contributed by atoms with Crippen molar-refractivity contribution in [3.05, 3.63) is 71.1 Å². The van der Waals surface area contributed by atoms with Crippen LogP contribution in [0.25, 0.3) is 0 Å². The van der Waals surface area contributed by atoms with Crippen LogP contribution in [0.15, 0.2) is 42.7 Å². The van der Waals surface area contributed by atoms with Crippen LogP contribution in [-0.4, -0.2) is 50.6 Å². The lowest BCUT2D eigenvalue weighted by atomic mass is 9.81. The molecular formula is C26H29F2N7O3. The standard InChI is InChI=1S/C26H29F2N7O3/c1-5-18(16-7-6-14(2)21(27)22(16)28)32-26(38)35-23(25(37)33(3)20-9-11-31-34(20)4)17(24(35)36)12-15-8-10-30-19(29)13-15/h6-11,13,17-18,23H,5,12H2,1-4H3,(H2,29,30)(H,32,38)/t17-,18-,23+/m1/s1. The second kappa shape index (κ2) is 10.6. The van der Waals surface area contributed by atoms with Gasteiger partial charge in [0.2, 0.25) is 5.91 Å². The van der Waals surface area contributed by atoms with Crippen LogP contribution in [-0.2, 0) is 23.1 Å². The number of carbonyl (C=O) groups is 3. The lowest BCUT2D eigenvalue weighted by molar-refractivity contribution is -0.156. The first-order valence-electron chi connectivity index (χ1n) is 12.1. The number of imide groups is 1. The van der Waals surface area contributed by atoms with Gasteiger partial charge in [-0.1, -0.05) is 19.1 Å². The van der Waals surface area contributed by atoms with Crippen molar-refractivity contribution in [2.45, 2.75) is 38.8 Å². The molecule has 2 aromatic heterocycles. The molecule has 38 heavy (non-hydrogen) atoms. The predicted molar refractivity (Wildman–Crippen MR) is 136 cm³/mol. The second-order valence-electron chi connectivity index (χ2n) is 9.27. The third-order valence-corrected chi connectivity index (χ3v) is 6.84. The smallest absolute Gasteiger partial charge is 0.325 e. The zero-order valence-corrected chi connectivity index (χ0v) is 21.5. The molecule has 3 atom stereocenters. The van der Waals surface area contributed by atoms with E-state index in [4.69, 9.17) is 5.73 Å². The van der Waals surface area contributed by atoms with Crippen molar-refractivity contribution in [3.8, 4) is 0 Å². The molecule has 1 fully saturated rings. The minimum Gasteiger partial charge on any atom is -0.384 e. The maximum absolute atomic E-state index is 14.7. The number of hydrogen-bond acceptors (Lipinski definition) is 6. The molecule has 1 aliphatic rings. The Morgan fingerprint density at radius 3 is 2.55 bits per heavy atom. The number of amides is 4. The van der Waals surface area contributed by atoms with Crippen molar-refractivity contribution >= 4 is 29.5 Å². The highest BCUT2D eigenvalue weighted by Crippen LogP contribution is 2.34. The number of urea groups is 1. The van der Waals surface area contributed by atoms with E-state index in [1.807, 2.05) is 0 Å². The molecule has 200 valence electrons. The number of carbonyl (C=O) groups excluding carboxylic acids is 3. The summed E-state index contributed by atoms with van der Waals surface area (Å²) in [6.45, 7) is 3.13. The van der Waals surface area contributed by atoms with Crippen LogP contribution in [0, 0.1) is 24.5 Å². The van der Waals surface area contributed by atoms with E-state index < -0.39 is 47.5 Å². The number of halogens is 2. The van der Waals surface area contributed by atoms with Crippen LogP contribution in [0.1, 0.15) is 36.1 Å². The molecule has 1 saturated heterocycles. The number of nitrogens with two attached hydrogens (primary N) is 1. The third kappa shape index (κ3) is 4.81. The molecule has 3 heterocycles. The Balaban J connectivity index is 1.63. The van der Waals surface area contributed by atoms with Gasteiger partial charge in [-0.05, 0) is 43.0 Å². The molecular weight excluding hydrogens is 496 g/mol. The van der Waals surface area contributed by atoms with Crippen molar-refractivity contribution in [2.24, 2.45) is 13.0 Å². The van der Waals surface area contributed by atoms with Gasteiger partial charge in [0.15, 0.2) is 11.6 Å². The van der Waals surface area contributed by atoms with E-state index in [9.17, 15) is 23.2 Å². The highest BCUT2D eigenvalue weighted by Gasteiger charge is 2.55. The molecule has 0 bridgehead atoms. The number of nitrogens with one attached hydrogen (secondary N) is 1. The number of aryl methyl sites for hydroxylation is 2. The fourth-order valence-corrected chi connectivity index (χ4v) is 4.69. The van der Waals surface area contributed by atoms with E-state index in [2.05, 4.69) is 15.4 Å². The number of likely N-dealkylation sites (tertiary alicyclic amines) is 1. The summed E-state index contributed by atoms with van der Waals surface area (Å²) in [6.07, 6.45) is 3.40. The average molecular weight is 526 g/mol. The number of β-lactam (4-membered cyclic amide) rings is 1. The largest absolute Gasteiger partial charge is 0.384 e. The Kier molecular flexibility index (Phi) is 7.42. The molecule has 10 nitrogen and oxygen atoms in total. The number of benzene rings is 1. The highest BCUT2D eigenvalue weighted by atomic mass is 19.2. The number of likely N-dealkylation sites (N-methyl/N-ethyl adjacent to an activating group) is 1. The predicted octanol–water partition coefficient (Wildman–Crippen LogP) is 2.88. The van der Waals surface area contributed by atoms with Gasteiger partial charge in [-0.3, -0.25) is 24.1 Å². The fraction of sp³-hybridized carbons (Fsp3) is 0.346. The van der Waals surface area contributed by atoms with Gasteiger partial charge in [-0.25, -0.2) is 18.6 Å². The minimum atomic E-state index is -1.14. The van der Waals surface area contributed by atoms with Gasteiger partial charge in [0.1, 0.15) is 17.7 Å². The number of rotatable bonds is 7. The summed E-state index contributed by atoms with van der Waals surface area (Å²) < 4.78 is 30.4. The summed E-state index contributed by atoms with van der Waals surface area (Å²) in [4.78, 5) is 46.3. The molecule has 0 saturated carbocycles. The first-order valence-corrected chi connectivity index (χ1v) is 12.1. The monoisotopic (exact) mass is 525 g/mol. The number of nitrogen functional groups attached to an aromatic ring is 1. The second-order valence-corrected chi connectivity index (χ2v) is 9.27. The molecule has 1 aliphatic heterocycles. The average Bonchev–Trinajstić information content (AvgIpc) is 3.32. The van der Waals surface area contributed by atoms with Crippen molar-refractivity contribution < 1.29 is 23.2 Å².